The van der Waals surface area contributed by atoms with Gasteiger partial charge in [-0.25, -0.2) is 9.97 Å². The molecule has 6 heteroatoms. The van der Waals surface area contributed by atoms with Gasteiger partial charge in [0, 0.05) is 23.5 Å². The van der Waals surface area contributed by atoms with E-state index < -0.39 is 0 Å². The summed E-state index contributed by atoms with van der Waals surface area (Å²) < 4.78 is 10.7. The molecule has 0 spiro atoms. The van der Waals surface area contributed by atoms with Crippen molar-refractivity contribution < 1.29 is 9.47 Å². The quantitative estimate of drug-likeness (QED) is 0.741. The zero-order valence-corrected chi connectivity index (χ0v) is 14.0. The molecule has 2 N–H and O–H groups in total. The van der Waals surface area contributed by atoms with Gasteiger partial charge in [0.05, 0.1) is 0 Å². The van der Waals surface area contributed by atoms with E-state index in [4.69, 9.17) is 9.47 Å². The molecule has 2 aromatic carbocycles. The Morgan fingerprint density at radius 2 is 1.40 bits per heavy atom. The largest absolute Gasteiger partial charge is 0.454 e. The molecule has 0 aliphatic carbocycles. The van der Waals surface area contributed by atoms with Crippen molar-refractivity contribution in [3.8, 4) is 11.5 Å². The van der Waals surface area contributed by atoms with Crippen LogP contribution in [0, 0.1) is 13.8 Å². The predicted octanol–water partition coefficient (Wildman–Crippen LogP) is 4.31. The number of benzene rings is 2. The summed E-state index contributed by atoms with van der Waals surface area (Å²) in [6.07, 6.45) is 0. The number of nitrogens with one attached hydrogen (secondary N) is 2. The zero-order valence-electron chi connectivity index (χ0n) is 14.0. The second kappa shape index (κ2) is 6.32. The van der Waals surface area contributed by atoms with Gasteiger partial charge in [0.1, 0.15) is 17.5 Å². The molecule has 25 heavy (non-hydrogen) atoms. The third-order valence-electron chi connectivity index (χ3n) is 3.81. The van der Waals surface area contributed by atoms with Gasteiger partial charge in [-0.3, -0.25) is 0 Å². The third-order valence-corrected chi connectivity index (χ3v) is 3.81. The summed E-state index contributed by atoms with van der Waals surface area (Å²) >= 11 is 0. The van der Waals surface area contributed by atoms with E-state index in [1.165, 1.54) is 5.56 Å². The Morgan fingerprint density at radius 1 is 0.760 bits per heavy atom. The Labute approximate surface area is 145 Å². The first-order chi connectivity index (χ1) is 12.2. The smallest absolute Gasteiger partial charge is 0.231 e. The average Bonchev–Trinajstić information content (AvgIpc) is 3.04. The lowest BCUT2D eigenvalue weighted by Gasteiger charge is -2.11. The Kier molecular flexibility index (Phi) is 3.85. The topological polar surface area (TPSA) is 68.3 Å². The molecule has 0 saturated carbocycles. The van der Waals surface area contributed by atoms with Crippen molar-refractivity contribution >= 4 is 23.0 Å². The van der Waals surface area contributed by atoms with Crippen molar-refractivity contribution in [3.63, 3.8) is 0 Å². The highest BCUT2D eigenvalue weighted by atomic mass is 16.7. The van der Waals surface area contributed by atoms with Crippen molar-refractivity contribution in [1.29, 1.82) is 0 Å². The molecule has 0 saturated heterocycles. The highest BCUT2D eigenvalue weighted by Crippen LogP contribution is 2.35. The summed E-state index contributed by atoms with van der Waals surface area (Å²) in [6, 6.07) is 15.7. The highest BCUT2D eigenvalue weighted by molar-refractivity contribution is 5.65. The van der Waals surface area contributed by atoms with Crippen LogP contribution in [0.1, 0.15) is 11.4 Å². The first-order valence-electron chi connectivity index (χ1n) is 8.02. The third kappa shape index (κ3) is 3.47. The van der Waals surface area contributed by atoms with Crippen LogP contribution in [-0.2, 0) is 0 Å². The molecule has 1 aromatic heterocycles. The van der Waals surface area contributed by atoms with Crippen LogP contribution in [0.3, 0.4) is 0 Å². The minimum Gasteiger partial charge on any atom is -0.454 e. The van der Waals surface area contributed by atoms with E-state index in [9.17, 15) is 0 Å². The molecular weight excluding hydrogens is 316 g/mol. The SMILES string of the molecule is Cc1ccc(Nc2cc(Nc3ccc4c(c3)OCO4)nc(C)n2)cc1. The number of hydrogen-bond acceptors (Lipinski definition) is 6. The molecule has 1 aliphatic rings. The van der Waals surface area contributed by atoms with Crippen molar-refractivity contribution in [3.05, 3.63) is 59.9 Å². The number of aryl methyl sites for hydroxylation is 2. The fourth-order valence-corrected chi connectivity index (χ4v) is 2.60. The van der Waals surface area contributed by atoms with E-state index >= 15 is 0 Å². The minimum absolute atomic E-state index is 0.260. The summed E-state index contributed by atoms with van der Waals surface area (Å²) in [4.78, 5) is 8.89. The second-order valence-corrected chi connectivity index (χ2v) is 5.87. The molecule has 0 amide bonds. The summed E-state index contributed by atoms with van der Waals surface area (Å²) in [6.45, 7) is 4.19. The number of aromatic nitrogens is 2. The lowest BCUT2D eigenvalue weighted by molar-refractivity contribution is 0.174. The van der Waals surface area contributed by atoms with Crippen LogP contribution in [0.4, 0.5) is 23.0 Å². The molecule has 0 atom stereocenters. The standard InChI is InChI=1S/C19H18N4O2/c1-12-3-5-14(6-4-12)22-18-10-19(21-13(2)20-18)23-15-7-8-16-17(9-15)25-11-24-16/h3-10H,11H2,1-2H3,(H2,20,21,22,23). The molecule has 0 bridgehead atoms. The number of anilines is 4. The lowest BCUT2D eigenvalue weighted by atomic mass is 10.2. The van der Waals surface area contributed by atoms with Crippen molar-refractivity contribution in [2.24, 2.45) is 0 Å². The zero-order chi connectivity index (χ0) is 17.2. The Bertz CT molecular complexity index is 910. The number of nitrogens with zero attached hydrogens (tertiary/aromatic N) is 2. The first-order valence-corrected chi connectivity index (χ1v) is 8.02. The van der Waals surface area contributed by atoms with E-state index in [0.29, 0.717) is 11.6 Å². The summed E-state index contributed by atoms with van der Waals surface area (Å²) in [5.74, 6) is 3.61. The first kappa shape index (κ1) is 15.3. The van der Waals surface area contributed by atoms with Crippen LogP contribution in [0.25, 0.3) is 0 Å². The molecule has 3 aromatic rings. The van der Waals surface area contributed by atoms with Crippen LogP contribution >= 0.6 is 0 Å². The normalized spacial score (nSPS) is 12.1. The fraction of sp³-hybridized carbons (Fsp3) is 0.158. The van der Waals surface area contributed by atoms with Gasteiger partial charge >= 0.3 is 0 Å². The Hall–Kier alpha value is -3.28. The van der Waals surface area contributed by atoms with Gasteiger partial charge in [-0.2, -0.15) is 0 Å². The van der Waals surface area contributed by atoms with Gasteiger partial charge < -0.3 is 20.1 Å². The maximum atomic E-state index is 5.41. The maximum absolute atomic E-state index is 5.41. The van der Waals surface area contributed by atoms with Gasteiger partial charge in [0.2, 0.25) is 6.79 Å². The molecule has 126 valence electrons. The number of ether oxygens (including phenoxy) is 2. The number of fused-ring (bicyclic) bond motifs is 1. The molecule has 4 rings (SSSR count). The van der Waals surface area contributed by atoms with Gasteiger partial charge in [-0.1, -0.05) is 17.7 Å². The monoisotopic (exact) mass is 334 g/mol. The van der Waals surface area contributed by atoms with E-state index in [2.05, 4.69) is 39.7 Å². The Balaban J connectivity index is 1.56. The molecule has 1 aliphatic heterocycles. The lowest BCUT2D eigenvalue weighted by Crippen LogP contribution is -2.01. The predicted molar refractivity (Wildman–Crippen MR) is 97.1 cm³/mol. The molecule has 2 heterocycles. The molecule has 0 fully saturated rings. The second-order valence-electron chi connectivity index (χ2n) is 5.87. The van der Waals surface area contributed by atoms with Crippen molar-refractivity contribution in [2.45, 2.75) is 13.8 Å². The van der Waals surface area contributed by atoms with E-state index in [1.54, 1.807) is 0 Å². The van der Waals surface area contributed by atoms with Gasteiger partial charge in [-0.15, -0.1) is 0 Å². The summed E-state index contributed by atoms with van der Waals surface area (Å²) in [5, 5.41) is 6.59. The highest BCUT2D eigenvalue weighted by Gasteiger charge is 2.13. The van der Waals surface area contributed by atoms with Crippen LogP contribution in [-0.4, -0.2) is 16.8 Å². The minimum atomic E-state index is 0.260. The van der Waals surface area contributed by atoms with Crippen LogP contribution in [0.15, 0.2) is 48.5 Å². The summed E-state index contributed by atoms with van der Waals surface area (Å²) in [5.41, 5.74) is 3.08. The molecule has 6 nitrogen and oxygen atoms in total. The molecule has 0 radical (unpaired) electrons. The van der Waals surface area contributed by atoms with Gasteiger partial charge in [-0.05, 0) is 38.1 Å². The molecular formula is C19H18N4O2. The molecule has 0 unspecified atom stereocenters. The van der Waals surface area contributed by atoms with E-state index in [0.717, 1.165) is 28.7 Å². The van der Waals surface area contributed by atoms with Crippen LogP contribution < -0.4 is 20.1 Å². The van der Waals surface area contributed by atoms with Crippen LogP contribution in [0.2, 0.25) is 0 Å². The van der Waals surface area contributed by atoms with Gasteiger partial charge in [0.25, 0.3) is 0 Å². The average molecular weight is 334 g/mol. The van der Waals surface area contributed by atoms with Gasteiger partial charge in [0.15, 0.2) is 11.5 Å². The van der Waals surface area contributed by atoms with Crippen molar-refractivity contribution in [1.82, 2.24) is 9.97 Å². The maximum Gasteiger partial charge on any atom is 0.231 e. The Morgan fingerprint density at radius 3 is 2.16 bits per heavy atom. The number of hydrogen-bond donors (Lipinski definition) is 2. The van der Waals surface area contributed by atoms with E-state index in [-0.39, 0.29) is 6.79 Å². The summed E-state index contributed by atoms with van der Waals surface area (Å²) in [7, 11) is 0. The van der Waals surface area contributed by atoms with Crippen molar-refractivity contribution in [2.75, 3.05) is 17.4 Å². The number of rotatable bonds is 4. The fourth-order valence-electron chi connectivity index (χ4n) is 2.60. The van der Waals surface area contributed by atoms with Crippen LogP contribution in [0.5, 0.6) is 11.5 Å². The van der Waals surface area contributed by atoms with E-state index in [1.807, 2.05) is 43.3 Å².